The molecule has 1 atom stereocenters. The fraction of sp³-hybridized carbons (Fsp3) is 0.400. The smallest absolute Gasteiger partial charge is 0.0654 e. The van der Waals surface area contributed by atoms with Gasteiger partial charge in [-0.3, -0.25) is 0 Å². The molecule has 0 spiro atoms. The zero-order valence-electron chi connectivity index (χ0n) is 11.3. The van der Waals surface area contributed by atoms with Crippen LogP contribution in [0.5, 0.6) is 0 Å². The lowest BCUT2D eigenvalue weighted by atomic mass is 10.1. The van der Waals surface area contributed by atoms with Crippen LogP contribution in [0.3, 0.4) is 0 Å². The zero-order chi connectivity index (χ0) is 13.1. The van der Waals surface area contributed by atoms with Crippen LogP contribution in [0.25, 0.3) is 5.69 Å². The molecule has 1 aromatic heterocycles. The first-order valence-corrected chi connectivity index (χ1v) is 6.53. The summed E-state index contributed by atoms with van der Waals surface area (Å²) in [6.45, 7) is 6.40. The molecule has 2 N–H and O–H groups in total. The van der Waals surface area contributed by atoms with Crippen molar-refractivity contribution in [2.45, 2.75) is 39.2 Å². The van der Waals surface area contributed by atoms with Crippen molar-refractivity contribution in [3.8, 4) is 5.69 Å². The predicted octanol–water partition coefficient (Wildman–Crippen LogP) is 3.41. The largest absolute Gasteiger partial charge is 0.324 e. The minimum absolute atomic E-state index is 0.102. The number of nitrogens with two attached hydrogens (primary N) is 1. The first-order chi connectivity index (χ1) is 8.61. The summed E-state index contributed by atoms with van der Waals surface area (Å²) in [6.07, 6.45) is 2.95. The summed E-state index contributed by atoms with van der Waals surface area (Å²) >= 11 is 0. The van der Waals surface area contributed by atoms with E-state index in [1.54, 1.807) is 0 Å². The van der Waals surface area contributed by atoms with Crippen LogP contribution in [-0.2, 0) is 0 Å². The highest BCUT2D eigenvalue weighted by Gasteiger charge is 2.07. The Morgan fingerprint density at radius 3 is 2.67 bits per heavy atom. The van der Waals surface area contributed by atoms with Crippen molar-refractivity contribution in [2.75, 3.05) is 0 Å². The van der Waals surface area contributed by atoms with Crippen molar-refractivity contribution in [1.29, 1.82) is 0 Å². The van der Waals surface area contributed by atoms with Crippen LogP contribution >= 0.6 is 0 Å². The summed E-state index contributed by atoms with van der Waals surface area (Å²) in [7, 11) is 0. The van der Waals surface area contributed by atoms with E-state index in [9.17, 15) is 0 Å². The molecule has 0 aliphatic rings. The predicted molar refractivity (Wildman–Crippen MR) is 74.9 cm³/mol. The lowest BCUT2D eigenvalue weighted by Crippen LogP contribution is -2.09. The fourth-order valence-electron chi connectivity index (χ4n) is 1.92. The van der Waals surface area contributed by atoms with Crippen molar-refractivity contribution < 1.29 is 0 Å². The van der Waals surface area contributed by atoms with Gasteiger partial charge in [-0.1, -0.05) is 32.9 Å². The van der Waals surface area contributed by atoms with Crippen LogP contribution in [0.15, 0.2) is 36.5 Å². The van der Waals surface area contributed by atoms with Crippen molar-refractivity contribution in [2.24, 2.45) is 5.73 Å². The monoisotopic (exact) mass is 243 g/mol. The summed E-state index contributed by atoms with van der Waals surface area (Å²) in [5.74, 6) is 0.451. The SMILES string of the molecule is CCC(N)c1cccc(-n2ccc(C(C)C)n2)c1. The standard InChI is InChI=1S/C15H21N3/c1-4-14(16)12-6-5-7-13(10-12)18-9-8-15(17-18)11(2)3/h5-11,14H,4,16H2,1-3H3. The number of rotatable bonds is 4. The minimum Gasteiger partial charge on any atom is -0.324 e. The van der Waals surface area contributed by atoms with Gasteiger partial charge < -0.3 is 5.73 Å². The van der Waals surface area contributed by atoms with E-state index in [2.05, 4.69) is 50.1 Å². The molecule has 96 valence electrons. The average molecular weight is 243 g/mol. The fourth-order valence-corrected chi connectivity index (χ4v) is 1.92. The molecular formula is C15H21N3. The number of nitrogens with zero attached hydrogens (tertiary/aromatic N) is 2. The van der Waals surface area contributed by atoms with Gasteiger partial charge in [-0.25, -0.2) is 4.68 Å². The van der Waals surface area contributed by atoms with Gasteiger partial charge in [0.25, 0.3) is 0 Å². The van der Waals surface area contributed by atoms with Crippen molar-refractivity contribution in [1.82, 2.24) is 9.78 Å². The molecule has 0 radical (unpaired) electrons. The van der Waals surface area contributed by atoms with E-state index in [1.807, 2.05) is 16.9 Å². The third-order valence-corrected chi connectivity index (χ3v) is 3.20. The maximum atomic E-state index is 6.07. The molecule has 1 unspecified atom stereocenters. The molecule has 0 fully saturated rings. The average Bonchev–Trinajstić information content (AvgIpc) is 2.88. The third-order valence-electron chi connectivity index (χ3n) is 3.20. The number of hydrogen-bond acceptors (Lipinski definition) is 2. The van der Waals surface area contributed by atoms with Gasteiger partial charge >= 0.3 is 0 Å². The Hall–Kier alpha value is -1.61. The van der Waals surface area contributed by atoms with Gasteiger partial charge in [0.2, 0.25) is 0 Å². The van der Waals surface area contributed by atoms with Gasteiger partial charge in [-0.15, -0.1) is 0 Å². The van der Waals surface area contributed by atoms with Gasteiger partial charge in [0.1, 0.15) is 0 Å². The van der Waals surface area contributed by atoms with E-state index in [0.717, 1.165) is 23.4 Å². The lowest BCUT2D eigenvalue weighted by Gasteiger charge is -2.11. The highest BCUT2D eigenvalue weighted by Crippen LogP contribution is 2.19. The van der Waals surface area contributed by atoms with Crippen molar-refractivity contribution in [3.63, 3.8) is 0 Å². The Labute approximate surface area is 109 Å². The summed E-state index contributed by atoms with van der Waals surface area (Å²) in [5, 5.41) is 4.58. The summed E-state index contributed by atoms with van der Waals surface area (Å²) in [4.78, 5) is 0. The van der Waals surface area contributed by atoms with Crippen molar-refractivity contribution in [3.05, 3.63) is 47.8 Å². The van der Waals surface area contributed by atoms with Crippen molar-refractivity contribution >= 4 is 0 Å². The molecule has 0 amide bonds. The van der Waals surface area contributed by atoms with Crippen LogP contribution in [0.2, 0.25) is 0 Å². The third kappa shape index (κ3) is 2.62. The second kappa shape index (κ2) is 5.36. The lowest BCUT2D eigenvalue weighted by molar-refractivity contribution is 0.696. The Morgan fingerprint density at radius 1 is 1.28 bits per heavy atom. The second-order valence-corrected chi connectivity index (χ2v) is 4.95. The maximum absolute atomic E-state index is 6.07. The molecule has 0 aliphatic carbocycles. The Balaban J connectivity index is 2.32. The molecule has 2 aromatic rings. The molecule has 0 bridgehead atoms. The quantitative estimate of drug-likeness (QED) is 0.894. The van der Waals surface area contributed by atoms with Gasteiger partial charge in [0, 0.05) is 12.2 Å². The van der Waals surface area contributed by atoms with Crippen LogP contribution in [0.1, 0.15) is 50.4 Å². The molecular weight excluding hydrogens is 222 g/mol. The Morgan fingerprint density at radius 2 is 2.06 bits per heavy atom. The summed E-state index contributed by atoms with van der Waals surface area (Å²) in [5.41, 5.74) is 9.41. The minimum atomic E-state index is 0.102. The molecule has 0 saturated carbocycles. The van der Waals surface area contributed by atoms with Gasteiger partial charge in [0.05, 0.1) is 11.4 Å². The zero-order valence-corrected chi connectivity index (χ0v) is 11.3. The van der Waals surface area contributed by atoms with E-state index in [0.29, 0.717) is 5.92 Å². The number of hydrogen-bond donors (Lipinski definition) is 1. The highest BCUT2D eigenvalue weighted by atomic mass is 15.3. The molecule has 0 saturated heterocycles. The summed E-state index contributed by atoms with van der Waals surface area (Å²) < 4.78 is 1.92. The maximum Gasteiger partial charge on any atom is 0.0654 e. The normalized spacial score (nSPS) is 12.9. The first kappa shape index (κ1) is 12.8. The van der Waals surface area contributed by atoms with E-state index >= 15 is 0 Å². The molecule has 3 heteroatoms. The Kier molecular flexibility index (Phi) is 3.82. The highest BCUT2D eigenvalue weighted by molar-refractivity contribution is 5.36. The van der Waals surface area contributed by atoms with E-state index in [4.69, 9.17) is 5.73 Å². The van der Waals surface area contributed by atoms with Crippen LogP contribution in [0, 0.1) is 0 Å². The Bertz CT molecular complexity index is 514. The van der Waals surface area contributed by atoms with Gasteiger partial charge in [-0.05, 0) is 36.1 Å². The van der Waals surface area contributed by atoms with Crippen LogP contribution in [0.4, 0.5) is 0 Å². The molecule has 1 aromatic carbocycles. The van der Waals surface area contributed by atoms with Crippen LogP contribution in [-0.4, -0.2) is 9.78 Å². The number of benzene rings is 1. The van der Waals surface area contributed by atoms with Gasteiger partial charge in [0.15, 0.2) is 0 Å². The molecule has 2 rings (SSSR count). The second-order valence-electron chi connectivity index (χ2n) is 4.95. The molecule has 0 aliphatic heterocycles. The first-order valence-electron chi connectivity index (χ1n) is 6.53. The number of aromatic nitrogens is 2. The summed E-state index contributed by atoms with van der Waals surface area (Å²) in [6, 6.07) is 10.5. The van der Waals surface area contributed by atoms with Gasteiger partial charge in [-0.2, -0.15) is 5.10 Å². The van der Waals surface area contributed by atoms with E-state index in [1.165, 1.54) is 0 Å². The van der Waals surface area contributed by atoms with E-state index < -0.39 is 0 Å². The van der Waals surface area contributed by atoms with Crippen LogP contribution < -0.4 is 5.73 Å². The topological polar surface area (TPSA) is 43.8 Å². The molecule has 18 heavy (non-hydrogen) atoms. The molecule has 1 heterocycles. The molecule has 3 nitrogen and oxygen atoms in total. The van der Waals surface area contributed by atoms with E-state index in [-0.39, 0.29) is 6.04 Å².